The topological polar surface area (TPSA) is 152 Å². The van der Waals surface area contributed by atoms with E-state index in [9.17, 15) is 29.2 Å². The molecule has 198 valence electrons. The van der Waals surface area contributed by atoms with Crippen LogP contribution in [-0.4, -0.2) is 59.3 Å². The molecule has 1 fully saturated rings. The molecule has 1 aromatic heterocycles. The average Bonchev–Trinajstić information content (AvgIpc) is 3.41. The number of carbonyl (C=O) groups is 5. The van der Waals surface area contributed by atoms with Gasteiger partial charge in [0.1, 0.15) is 12.6 Å². The number of piperidine rings is 1. The van der Waals surface area contributed by atoms with Crippen molar-refractivity contribution in [1.29, 1.82) is 5.26 Å². The Balaban J connectivity index is 1.45. The summed E-state index contributed by atoms with van der Waals surface area (Å²) in [4.78, 5) is 64.8. The van der Waals surface area contributed by atoms with E-state index in [2.05, 4.69) is 21.7 Å². The van der Waals surface area contributed by atoms with Gasteiger partial charge >= 0.3 is 6.03 Å². The van der Waals surface area contributed by atoms with Gasteiger partial charge in [0.05, 0.1) is 34.5 Å². The number of H-pyrrole nitrogens is 1. The van der Waals surface area contributed by atoms with Gasteiger partial charge in [0.2, 0.25) is 0 Å². The molecular weight excluding hydrogens is 498 g/mol. The smallest absolute Gasteiger partial charge is 0.319 e. The molecule has 0 bridgehead atoms. The van der Waals surface area contributed by atoms with E-state index in [1.807, 2.05) is 30.3 Å². The maximum Gasteiger partial charge on any atom is 0.319 e. The number of fused-ring (bicyclic) bond motifs is 1. The number of ketones is 1. The zero-order chi connectivity index (χ0) is 27.8. The molecule has 10 nitrogen and oxygen atoms in total. The van der Waals surface area contributed by atoms with Crippen LogP contribution in [0.5, 0.6) is 0 Å². The number of likely N-dealkylation sites (tertiary alicyclic amines) is 1. The number of nitriles is 1. The molecule has 2 aromatic carbocycles. The molecule has 0 radical (unpaired) electrons. The zero-order valence-electron chi connectivity index (χ0n) is 21.1. The largest absolute Gasteiger partial charge is 0.359 e. The van der Waals surface area contributed by atoms with Crippen LogP contribution < -0.4 is 10.6 Å². The molecule has 39 heavy (non-hydrogen) atoms. The summed E-state index contributed by atoms with van der Waals surface area (Å²) in [6, 6.07) is 15.1. The van der Waals surface area contributed by atoms with Crippen molar-refractivity contribution >= 4 is 52.5 Å². The minimum absolute atomic E-state index is 0.135. The number of aldehydes is 2. The number of carbonyl (C=O) groups excluding carboxylic acids is 5. The summed E-state index contributed by atoms with van der Waals surface area (Å²) in [5.41, 5.74) is 3.39. The first kappa shape index (κ1) is 27.0. The van der Waals surface area contributed by atoms with E-state index in [0.29, 0.717) is 60.7 Å². The molecule has 1 atom stereocenters. The summed E-state index contributed by atoms with van der Waals surface area (Å²) in [7, 11) is 0. The van der Waals surface area contributed by atoms with Crippen LogP contribution in [-0.2, 0) is 14.4 Å². The van der Waals surface area contributed by atoms with Gasteiger partial charge < -0.3 is 30.1 Å². The fourth-order valence-electron chi connectivity index (χ4n) is 4.64. The van der Waals surface area contributed by atoms with Crippen LogP contribution in [0.4, 0.5) is 10.5 Å². The standard InChI is InChI=1S/C29H27N5O5/c30-16-23(19-6-2-1-3-7-19)20-11-13-34(14-12-20)28(38)27(37)24-17-31-26-22(24)9-4-10-25(26)33-29(39)32-21(18-36)8-5-15-35/h1-4,6-7,9-10,15,17-18,21,31H,5,8,11-14H2,(H2,32,33,39). The molecular formula is C29H27N5O5. The first-order chi connectivity index (χ1) is 19.0. The molecule has 3 N–H and O–H groups in total. The van der Waals surface area contributed by atoms with Gasteiger partial charge in [-0.05, 0) is 36.5 Å². The molecule has 1 saturated heterocycles. The fraction of sp³-hybridized carbons (Fsp3) is 0.241. The van der Waals surface area contributed by atoms with E-state index >= 15 is 0 Å². The van der Waals surface area contributed by atoms with Crippen molar-refractivity contribution in [2.45, 2.75) is 31.7 Å². The van der Waals surface area contributed by atoms with Crippen molar-refractivity contribution in [3.63, 3.8) is 0 Å². The average molecular weight is 526 g/mol. The minimum atomic E-state index is -0.815. The number of Topliss-reactive ketones (excluding diaryl/α,β-unsaturated/α-hetero) is 1. The van der Waals surface area contributed by atoms with Crippen molar-refractivity contribution in [2.24, 2.45) is 0 Å². The molecule has 3 aromatic rings. The van der Waals surface area contributed by atoms with Gasteiger partial charge in [-0.3, -0.25) is 9.59 Å². The molecule has 1 aliphatic heterocycles. The lowest BCUT2D eigenvalue weighted by Crippen LogP contribution is -2.40. The van der Waals surface area contributed by atoms with E-state index in [-0.39, 0.29) is 18.4 Å². The van der Waals surface area contributed by atoms with Crippen molar-refractivity contribution in [3.05, 3.63) is 71.4 Å². The molecule has 1 unspecified atom stereocenters. The van der Waals surface area contributed by atoms with Crippen LogP contribution in [0.3, 0.4) is 0 Å². The second-order valence-corrected chi connectivity index (χ2v) is 9.09. The van der Waals surface area contributed by atoms with Crippen LogP contribution in [0, 0.1) is 11.3 Å². The summed E-state index contributed by atoms with van der Waals surface area (Å²) < 4.78 is 0. The van der Waals surface area contributed by atoms with Gasteiger partial charge in [-0.2, -0.15) is 5.26 Å². The fourth-order valence-corrected chi connectivity index (χ4v) is 4.64. The second-order valence-electron chi connectivity index (χ2n) is 9.09. The van der Waals surface area contributed by atoms with Gasteiger partial charge in [0, 0.05) is 31.1 Å². The van der Waals surface area contributed by atoms with Gasteiger partial charge in [-0.15, -0.1) is 0 Å². The number of hydrogen-bond acceptors (Lipinski definition) is 6. The predicted molar refractivity (Wildman–Crippen MR) is 145 cm³/mol. The lowest BCUT2D eigenvalue weighted by molar-refractivity contribution is -0.126. The highest BCUT2D eigenvalue weighted by molar-refractivity contribution is 6.45. The van der Waals surface area contributed by atoms with Crippen LogP contribution in [0.2, 0.25) is 0 Å². The van der Waals surface area contributed by atoms with Crippen LogP contribution in [0.1, 0.15) is 41.6 Å². The van der Waals surface area contributed by atoms with Gasteiger partial charge in [-0.25, -0.2) is 4.79 Å². The lowest BCUT2D eigenvalue weighted by atomic mass is 9.93. The minimum Gasteiger partial charge on any atom is -0.359 e. The summed E-state index contributed by atoms with van der Waals surface area (Å²) in [5, 5.41) is 15.3. The SMILES string of the molecule is N#CC(=C1CCN(C(=O)C(=O)c2c[nH]c3c(NC(=O)NC(C=O)CCC=O)cccc23)CC1)c1ccccc1. The van der Waals surface area contributed by atoms with E-state index in [1.165, 1.54) is 11.1 Å². The Morgan fingerprint density at radius 3 is 2.46 bits per heavy atom. The Morgan fingerprint density at radius 1 is 1.05 bits per heavy atom. The first-order valence-electron chi connectivity index (χ1n) is 12.5. The lowest BCUT2D eigenvalue weighted by Gasteiger charge is -2.28. The number of aromatic amines is 1. The maximum absolute atomic E-state index is 13.2. The Hall–Kier alpha value is -5.04. The Bertz CT molecular complexity index is 1470. The number of allylic oxidation sites excluding steroid dienone is 1. The summed E-state index contributed by atoms with van der Waals surface area (Å²) >= 11 is 0. The number of anilines is 1. The monoisotopic (exact) mass is 525 g/mol. The maximum atomic E-state index is 13.2. The highest BCUT2D eigenvalue weighted by Gasteiger charge is 2.29. The number of nitrogens with zero attached hydrogens (tertiary/aromatic N) is 2. The number of nitrogens with one attached hydrogen (secondary N) is 3. The number of para-hydroxylation sites is 1. The van der Waals surface area contributed by atoms with Crippen LogP contribution in [0.15, 0.2) is 60.3 Å². The zero-order valence-corrected chi connectivity index (χ0v) is 21.1. The molecule has 4 rings (SSSR count). The summed E-state index contributed by atoms with van der Waals surface area (Å²) in [6.07, 6.45) is 3.99. The Labute approximate surface area is 224 Å². The van der Waals surface area contributed by atoms with Crippen LogP contribution >= 0.6 is 0 Å². The predicted octanol–water partition coefficient (Wildman–Crippen LogP) is 3.62. The quantitative estimate of drug-likeness (QED) is 0.168. The van der Waals surface area contributed by atoms with Crippen molar-refractivity contribution in [2.75, 3.05) is 18.4 Å². The van der Waals surface area contributed by atoms with Crippen molar-refractivity contribution in [1.82, 2.24) is 15.2 Å². The van der Waals surface area contributed by atoms with Crippen LogP contribution in [0.25, 0.3) is 16.5 Å². The number of aromatic nitrogens is 1. The van der Waals surface area contributed by atoms with E-state index in [0.717, 1.165) is 11.1 Å². The van der Waals surface area contributed by atoms with Gasteiger partial charge in [0.15, 0.2) is 0 Å². The molecule has 0 saturated carbocycles. The number of urea groups is 1. The Morgan fingerprint density at radius 2 is 1.79 bits per heavy atom. The van der Waals surface area contributed by atoms with Crippen molar-refractivity contribution in [3.8, 4) is 6.07 Å². The molecule has 1 aliphatic rings. The molecule has 0 spiro atoms. The molecule has 10 heteroatoms. The highest BCUT2D eigenvalue weighted by atomic mass is 16.2. The molecule has 2 heterocycles. The number of amides is 3. The molecule has 0 aliphatic carbocycles. The normalized spacial score (nSPS) is 13.7. The number of benzene rings is 2. The van der Waals surface area contributed by atoms with E-state index < -0.39 is 23.8 Å². The highest BCUT2D eigenvalue weighted by Crippen LogP contribution is 2.29. The third kappa shape index (κ3) is 6.10. The first-order valence-corrected chi connectivity index (χ1v) is 12.5. The summed E-state index contributed by atoms with van der Waals surface area (Å²) in [6.45, 7) is 0.657. The van der Waals surface area contributed by atoms with Gasteiger partial charge in [0.25, 0.3) is 11.7 Å². The number of hydrogen-bond donors (Lipinski definition) is 3. The Kier molecular flexibility index (Phi) is 8.64. The van der Waals surface area contributed by atoms with Gasteiger partial charge in [-0.1, -0.05) is 42.5 Å². The van der Waals surface area contributed by atoms with Crippen molar-refractivity contribution < 1.29 is 24.0 Å². The molecule has 3 amide bonds. The summed E-state index contributed by atoms with van der Waals surface area (Å²) in [5.74, 6) is -1.30. The van der Waals surface area contributed by atoms with E-state index in [1.54, 1.807) is 18.2 Å². The van der Waals surface area contributed by atoms with E-state index in [4.69, 9.17) is 0 Å². The third-order valence-electron chi connectivity index (χ3n) is 6.66. The number of rotatable bonds is 9. The third-order valence-corrected chi connectivity index (χ3v) is 6.66. The second kappa shape index (κ2) is 12.5.